The van der Waals surface area contributed by atoms with Gasteiger partial charge >= 0.3 is 0 Å². The molecule has 100 valence electrons. The quantitative estimate of drug-likeness (QED) is 0.892. The van der Waals surface area contributed by atoms with Gasteiger partial charge in [0, 0.05) is 11.9 Å². The van der Waals surface area contributed by atoms with E-state index in [2.05, 4.69) is 35.4 Å². The summed E-state index contributed by atoms with van der Waals surface area (Å²) < 4.78 is 5.31. The smallest absolute Gasteiger partial charge is 0.119 e. The van der Waals surface area contributed by atoms with Crippen molar-refractivity contribution in [3.8, 4) is 5.75 Å². The lowest BCUT2D eigenvalue weighted by Gasteiger charge is -2.20. The summed E-state index contributed by atoms with van der Waals surface area (Å²) in [5.41, 5.74) is 3.45. The molecule has 0 spiro atoms. The highest BCUT2D eigenvalue weighted by atomic mass is 16.5. The number of nitrogens with one attached hydrogen (secondary N) is 1. The Morgan fingerprint density at radius 2 is 2.11 bits per heavy atom. The predicted molar refractivity (Wildman–Crippen MR) is 77.5 cm³/mol. The highest BCUT2D eigenvalue weighted by Crippen LogP contribution is 2.26. The van der Waals surface area contributed by atoms with Gasteiger partial charge in [-0.3, -0.25) is 4.98 Å². The Balaban J connectivity index is 2.42. The van der Waals surface area contributed by atoms with Crippen molar-refractivity contribution in [2.24, 2.45) is 0 Å². The first-order chi connectivity index (χ1) is 9.26. The lowest BCUT2D eigenvalue weighted by Crippen LogP contribution is -2.23. The van der Waals surface area contributed by atoms with Gasteiger partial charge in [-0.1, -0.05) is 25.1 Å². The zero-order chi connectivity index (χ0) is 13.7. The highest BCUT2D eigenvalue weighted by Gasteiger charge is 2.15. The SMILES string of the molecule is CCNC(c1cccc(OC)c1)c1cccnc1C. The minimum atomic E-state index is 0.147. The van der Waals surface area contributed by atoms with Crippen LogP contribution in [-0.2, 0) is 0 Å². The topological polar surface area (TPSA) is 34.1 Å². The van der Waals surface area contributed by atoms with Crippen LogP contribution >= 0.6 is 0 Å². The van der Waals surface area contributed by atoms with Crippen molar-refractivity contribution in [3.63, 3.8) is 0 Å². The van der Waals surface area contributed by atoms with Gasteiger partial charge in [-0.05, 0) is 42.8 Å². The molecule has 1 aromatic carbocycles. The third-order valence-corrected chi connectivity index (χ3v) is 3.19. The average Bonchev–Trinajstić information content (AvgIpc) is 2.46. The van der Waals surface area contributed by atoms with Crippen LogP contribution in [0.15, 0.2) is 42.6 Å². The molecule has 1 heterocycles. The summed E-state index contributed by atoms with van der Waals surface area (Å²) in [7, 11) is 1.69. The Labute approximate surface area is 114 Å². The summed E-state index contributed by atoms with van der Waals surface area (Å²) in [4.78, 5) is 4.38. The molecule has 1 aromatic heterocycles. The fourth-order valence-corrected chi connectivity index (χ4v) is 2.23. The van der Waals surface area contributed by atoms with Crippen LogP contribution in [0.25, 0.3) is 0 Å². The maximum absolute atomic E-state index is 5.31. The monoisotopic (exact) mass is 256 g/mol. The molecule has 0 saturated heterocycles. The van der Waals surface area contributed by atoms with Crippen LogP contribution in [0.3, 0.4) is 0 Å². The number of hydrogen-bond donors (Lipinski definition) is 1. The Hall–Kier alpha value is -1.87. The Morgan fingerprint density at radius 1 is 1.26 bits per heavy atom. The Morgan fingerprint density at radius 3 is 2.79 bits per heavy atom. The van der Waals surface area contributed by atoms with Gasteiger partial charge in [0.25, 0.3) is 0 Å². The maximum atomic E-state index is 5.31. The zero-order valence-electron chi connectivity index (χ0n) is 11.7. The van der Waals surface area contributed by atoms with E-state index in [1.807, 2.05) is 31.3 Å². The number of pyridine rings is 1. The lowest BCUT2D eigenvalue weighted by molar-refractivity contribution is 0.413. The average molecular weight is 256 g/mol. The van der Waals surface area contributed by atoms with E-state index >= 15 is 0 Å². The van der Waals surface area contributed by atoms with Gasteiger partial charge in [0.2, 0.25) is 0 Å². The van der Waals surface area contributed by atoms with Crippen LogP contribution in [0.5, 0.6) is 5.75 Å². The molecular weight excluding hydrogens is 236 g/mol. The summed E-state index contributed by atoms with van der Waals surface area (Å²) in [5.74, 6) is 0.877. The summed E-state index contributed by atoms with van der Waals surface area (Å²) in [6.45, 7) is 5.05. The third kappa shape index (κ3) is 3.12. The normalized spacial score (nSPS) is 12.2. The lowest BCUT2D eigenvalue weighted by atomic mass is 9.97. The van der Waals surface area contributed by atoms with Gasteiger partial charge in [-0.15, -0.1) is 0 Å². The van der Waals surface area contributed by atoms with Crippen LogP contribution in [0.1, 0.15) is 29.8 Å². The first-order valence-corrected chi connectivity index (χ1v) is 6.55. The highest BCUT2D eigenvalue weighted by molar-refractivity contribution is 5.37. The molecule has 1 unspecified atom stereocenters. The van der Waals surface area contributed by atoms with E-state index in [0.717, 1.165) is 18.0 Å². The molecule has 19 heavy (non-hydrogen) atoms. The molecule has 0 aliphatic heterocycles. The number of rotatable bonds is 5. The number of hydrogen-bond acceptors (Lipinski definition) is 3. The Bertz CT molecular complexity index is 540. The second-order valence-electron chi connectivity index (χ2n) is 4.45. The molecule has 2 rings (SSSR count). The minimum absolute atomic E-state index is 0.147. The summed E-state index contributed by atoms with van der Waals surface area (Å²) in [6.07, 6.45) is 1.83. The first-order valence-electron chi connectivity index (χ1n) is 6.55. The van der Waals surface area contributed by atoms with E-state index in [1.54, 1.807) is 7.11 Å². The Kier molecular flexibility index (Phi) is 4.53. The number of aryl methyl sites for hydroxylation is 1. The summed E-state index contributed by atoms with van der Waals surface area (Å²) in [5, 5.41) is 3.51. The summed E-state index contributed by atoms with van der Waals surface area (Å²) >= 11 is 0. The zero-order valence-corrected chi connectivity index (χ0v) is 11.7. The molecule has 0 aliphatic carbocycles. The number of benzene rings is 1. The van der Waals surface area contributed by atoms with Crippen molar-refractivity contribution < 1.29 is 4.74 Å². The van der Waals surface area contributed by atoms with Gasteiger partial charge in [-0.25, -0.2) is 0 Å². The van der Waals surface area contributed by atoms with Crippen LogP contribution < -0.4 is 10.1 Å². The molecule has 0 aliphatic rings. The fourth-order valence-electron chi connectivity index (χ4n) is 2.23. The van der Waals surface area contributed by atoms with Crippen molar-refractivity contribution in [2.75, 3.05) is 13.7 Å². The number of aromatic nitrogens is 1. The van der Waals surface area contributed by atoms with E-state index in [0.29, 0.717) is 0 Å². The minimum Gasteiger partial charge on any atom is -0.497 e. The van der Waals surface area contributed by atoms with Crippen LogP contribution in [0.2, 0.25) is 0 Å². The number of nitrogens with zero attached hydrogens (tertiary/aromatic N) is 1. The molecule has 1 N–H and O–H groups in total. The second kappa shape index (κ2) is 6.34. The number of methoxy groups -OCH3 is 1. The van der Waals surface area contributed by atoms with Gasteiger partial charge in [0.05, 0.1) is 13.2 Å². The molecule has 0 bridgehead atoms. The second-order valence-corrected chi connectivity index (χ2v) is 4.45. The molecule has 3 nitrogen and oxygen atoms in total. The van der Waals surface area contributed by atoms with Crippen molar-refractivity contribution >= 4 is 0 Å². The largest absolute Gasteiger partial charge is 0.497 e. The van der Waals surface area contributed by atoms with E-state index in [-0.39, 0.29) is 6.04 Å². The molecular formula is C16H20N2O. The van der Waals surface area contributed by atoms with Gasteiger partial charge < -0.3 is 10.1 Å². The van der Waals surface area contributed by atoms with Crippen molar-refractivity contribution in [3.05, 3.63) is 59.4 Å². The molecule has 0 saturated carbocycles. The van der Waals surface area contributed by atoms with Gasteiger partial charge in [0.15, 0.2) is 0 Å². The molecule has 3 heteroatoms. The molecule has 2 aromatic rings. The standard InChI is InChI=1S/C16H20N2O/c1-4-17-16(15-9-6-10-18-12(15)2)13-7-5-8-14(11-13)19-3/h5-11,16-17H,4H2,1-3H3. The van der Waals surface area contributed by atoms with Crippen molar-refractivity contribution in [1.29, 1.82) is 0 Å². The van der Waals surface area contributed by atoms with Crippen LogP contribution in [0, 0.1) is 6.92 Å². The number of ether oxygens (including phenoxy) is 1. The van der Waals surface area contributed by atoms with E-state index in [9.17, 15) is 0 Å². The molecule has 0 amide bonds. The maximum Gasteiger partial charge on any atom is 0.119 e. The fraction of sp³-hybridized carbons (Fsp3) is 0.312. The molecule has 0 fully saturated rings. The van der Waals surface area contributed by atoms with E-state index in [4.69, 9.17) is 4.74 Å². The van der Waals surface area contributed by atoms with Crippen molar-refractivity contribution in [2.45, 2.75) is 19.9 Å². The first kappa shape index (κ1) is 13.6. The predicted octanol–water partition coefficient (Wildman–Crippen LogP) is 3.10. The van der Waals surface area contributed by atoms with E-state index < -0.39 is 0 Å². The van der Waals surface area contributed by atoms with Gasteiger partial charge in [-0.2, -0.15) is 0 Å². The van der Waals surface area contributed by atoms with Crippen molar-refractivity contribution in [1.82, 2.24) is 10.3 Å². The van der Waals surface area contributed by atoms with Gasteiger partial charge in [0.1, 0.15) is 5.75 Å². The molecule has 1 atom stereocenters. The van der Waals surface area contributed by atoms with Crippen LogP contribution in [-0.4, -0.2) is 18.6 Å². The van der Waals surface area contributed by atoms with E-state index in [1.165, 1.54) is 11.1 Å². The third-order valence-electron chi connectivity index (χ3n) is 3.19. The summed E-state index contributed by atoms with van der Waals surface area (Å²) in [6, 6.07) is 12.4. The molecule has 0 radical (unpaired) electrons. The van der Waals surface area contributed by atoms with Crippen LogP contribution in [0.4, 0.5) is 0 Å².